The van der Waals surface area contributed by atoms with E-state index in [1.807, 2.05) is 6.08 Å². The fourth-order valence-corrected chi connectivity index (χ4v) is 6.77. The second-order valence-electron chi connectivity index (χ2n) is 11.2. The first-order chi connectivity index (χ1) is 19.1. The molecule has 2 saturated heterocycles. The van der Waals surface area contributed by atoms with Crippen molar-refractivity contribution in [2.45, 2.75) is 69.6 Å². The summed E-state index contributed by atoms with van der Waals surface area (Å²) in [6.07, 6.45) is -2.24. The smallest absolute Gasteiger partial charge is 0.417 e. The summed E-state index contributed by atoms with van der Waals surface area (Å²) in [6.45, 7) is 3.96. The average molecular weight is 566 g/mol. The molecule has 2 fully saturated rings. The SMILES string of the molecule is Cc1cc(N)c(F)c(C2Cc3nc(OCC45CCCN4CC(F)C5)nc(C4=CCNCC4)c3CO2)c1C(F)(F)F. The van der Waals surface area contributed by atoms with Crippen LogP contribution in [0.2, 0.25) is 0 Å². The Balaban J connectivity index is 1.37. The van der Waals surface area contributed by atoms with Gasteiger partial charge in [-0.15, -0.1) is 0 Å². The third-order valence-corrected chi connectivity index (χ3v) is 8.61. The standard InChI is InChI=1S/C28H32F5N5O2/c1-15-9-19(34)24(30)22(23(15)28(31,32)33)21-10-20-18(13-39-21)25(16-3-6-35-7-4-16)37-26(36-20)40-14-27-5-2-8-38(27)12-17(29)11-27/h3,9,17,21,35H,2,4-8,10-14,34H2,1H3. The van der Waals surface area contributed by atoms with Crippen LogP contribution < -0.4 is 15.8 Å². The number of hydrogen-bond donors (Lipinski definition) is 2. The normalized spacial score (nSPS) is 26.9. The number of alkyl halides is 4. The van der Waals surface area contributed by atoms with E-state index >= 15 is 4.39 Å². The number of halogens is 5. The lowest BCUT2D eigenvalue weighted by Crippen LogP contribution is -2.43. The number of benzene rings is 1. The van der Waals surface area contributed by atoms with Gasteiger partial charge in [-0.25, -0.2) is 8.78 Å². The van der Waals surface area contributed by atoms with E-state index in [0.717, 1.165) is 37.6 Å². The predicted octanol–water partition coefficient (Wildman–Crippen LogP) is 4.67. The Morgan fingerprint density at radius 2 is 2.12 bits per heavy atom. The summed E-state index contributed by atoms with van der Waals surface area (Å²) in [5.74, 6) is -1.14. The van der Waals surface area contributed by atoms with E-state index in [2.05, 4.69) is 15.2 Å². The van der Waals surface area contributed by atoms with E-state index < -0.39 is 40.9 Å². The fraction of sp³-hybridized carbons (Fsp3) is 0.571. The zero-order valence-corrected chi connectivity index (χ0v) is 22.2. The van der Waals surface area contributed by atoms with Crippen molar-refractivity contribution in [3.63, 3.8) is 0 Å². The molecule has 0 amide bonds. The van der Waals surface area contributed by atoms with Crippen LogP contribution in [-0.4, -0.2) is 59.4 Å². The largest absolute Gasteiger partial charge is 0.461 e. The Kier molecular flexibility index (Phi) is 6.99. The molecule has 2 aromatic rings. The zero-order valence-electron chi connectivity index (χ0n) is 22.2. The molecule has 0 radical (unpaired) electrons. The Hall–Kier alpha value is -2.83. The molecule has 0 bridgehead atoms. The molecule has 5 heterocycles. The summed E-state index contributed by atoms with van der Waals surface area (Å²) in [4.78, 5) is 11.4. The quantitative estimate of drug-likeness (QED) is 0.403. The van der Waals surface area contributed by atoms with Crippen LogP contribution in [0.25, 0.3) is 5.57 Å². The molecule has 4 aliphatic heterocycles. The minimum atomic E-state index is -4.80. The van der Waals surface area contributed by atoms with Crippen molar-refractivity contribution in [1.29, 1.82) is 0 Å². The van der Waals surface area contributed by atoms with Crippen LogP contribution in [0, 0.1) is 12.7 Å². The van der Waals surface area contributed by atoms with Gasteiger partial charge in [0.15, 0.2) is 5.82 Å². The third kappa shape index (κ3) is 4.83. The van der Waals surface area contributed by atoms with Crippen LogP contribution >= 0.6 is 0 Å². The van der Waals surface area contributed by atoms with E-state index in [0.29, 0.717) is 42.9 Å². The molecule has 0 spiro atoms. The molecule has 0 saturated carbocycles. The van der Waals surface area contributed by atoms with Gasteiger partial charge >= 0.3 is 12.2 Å². The number of nitrogens with two attached hydrogens (primary N) is 1. The second-order valence-corrected chi connectivity index (χ2v) is 11.2. The number of anilines is 1. The van der Waals surface area contributed by atoms with Crippen LogP contribution in [0.5, 0.6) is 6.01 Å². The number of ether oxygens (including phenoxy) is 2. The van der Waals surface area contributed by atoms with Crippen LogP contribution in [0.1, 0.15) is 65.4 Å². The maximum atomic E-state index is 15.2. The first-order valence-electron chi connectivity index (χ1n) is 13.6. The number of aromatic nitrogens is 2. The minimum absolute atomic E-state index is 0.0811. The van der Waals surface area contributed by atoms with Gasteiger partial charge in [-0.1, -0.05) is 6.08 Å². The van der Waals surface area contributed by atoms with Crippen molar-refractivity contribution in [3.05, 3.63) is 51.6 Å². The van der Waals surface area contributed by atoms with Gasteiger partial charge in [0.05, 0.1) is 40.9 Å². The Morgan fingerprint density at radius 3 is 2.88 bits per heavy atom. The lowest BCUT2D eigenvalue weighted by atomic mass is 9.90. The van der Waals surface area contributed by atoms with Crippen LogP contribution in [0.4, 0.5) is 27.6 Å². The number of rotatable bonds is 5. The van der Waals surface area contributed by atoms with Crippen molar-refractivity contribution < 1.29 is 31.4 Å². The Morgan fingerprint density at radius 1 is 1.30 bits per heavy atom. The topological polar surface area (TPSA) is 85.5 Å². The summed E-state index contributed by atoms with van der Waals surface area (Å²) in [6, 6.07) is 1.07. The fourth-order valence-electron chi connectivity index (χ4n) is 6.77. The molecular weight excluding hydrogens is 533 g/mol. The highest BCUT2D eigenvalue weighted by atomic mass is 19.4. The maximum absolute atomic E-state index is 15.2. The molecule has 3 atom stereocenters. The lowest BCUT2D eigenvalue weighted by molar-refractivity contribution is -0.140. The summed E-state index contributed by atoms with van der Waals surface area (Å²) in [7, 11) is 0. The molecule has 3 unspecified atom stereocenters. The molecular formula is C28H32F5N5O2. The molecule has 4 aliphatic rings. The molecule has 6 rings (SSSR count). The number of nitrogen functional groups attached to an aromatic ring is 1. The molecule has 1 aromatic carbocycles. The Bertz CT molecular complexity index is 1350. The maximum Gasteiger partial charge on any atom is 0.417 e. The van der Waals surface area contributed by atoms with Gasteiger partial charge in [0.25, 0.3) is 0 Å². The van der Waals surface area contributed by atoms with Crippen molar-refractivity contribution in [2.75, 3.05) is 38.5 Å². The minimum Gasteiger partial charge on any atom is -0.461 e. The van der Waals surface area contributed by atoms with Gasteiger partial charge in [-0.2, -0.15) is 23.1 Å². The van der Waals surface area contributed by atoms with E-state index in [-0.39, 0.29) is 36.9 Å². The van der Waals surface area contributed by atoms with Gasteiger partial charge < -0.3 is 20.5 Å². The highest BCUT2D eigenvalue weighted by Gasteiger charge is 2.49. The number of nitrogens with zero attached hydrogens (tertiary/aromatic N) is 3. The van der Waals surface area contributed by atoms with Crippen LogP contribution in [0.15, 0.2) is 12.1 Å². The molecule has 7 nitrogen and oxygen atoms in total. The number of nitrogens with one attached hydrogen (secondary N) is 1. The first-order valence-corrected chi connectivity index (χ1v) is 13.6. The number of hydrogen-bond acceptors (Lipinski definition) is 7. The van der Waals surface area contributed by atoms with E-state index in [9.17, 15) is 17.6 Å². The van der Waals surface area contributed by atoms with Gasteiger partial charge in [0.2, 0.25) is 0 Å². The number of aryl methyl sites for hydroxylation is 1. The summed E-state index contributed by atoms with van der Waals surface area (Å²) < 4.78 is 83.7. The summed E-state index contributed by atoms with van der Waals surface area (Å²) in [5.41, 5.74) is 5.76. The molecule has 3 N–H and O–H groups in total. The van der Waals surface area contributed by atoms with Gasteiger partial charge in [0.1, 0.15) is 12.8 Å². The number of fused-ring (bicyclic) bond motifs is 2. The molecule has 40 heavy (non-hydrogen) atoms. The van der Waals surface area contributed by atoms with Gasteiger partial charge in [-0.3, -0.25) is 4.90 Å². The second kappa shape index (κ2) is 10.2. The van der Waals surface area contributed by atoms with Crippen molar-refractivity contribution in [1.82, 2.24) is 20.2 Å². The Labute approximate surface area is 228 Å². The van der Waals surface area contributed by atoms with Crippen molar-refractivity contribution in [2.24, 2.45) is 0 Å². The summed E-state index contributed by atoms with van der Waals surface area (Å²) >= 11 is 0. The monoisotopic (exact) mass is 565 g/mol. The average Bonchev–Trinajstić information content (AvgIpc) is 3.44. The molecule has 1 aromatic heterocycles. The van der Waals surface area contributed by atoms with Crippen molar-refractivity contribution >= 4 is 11.3 Å². The van der Waals surface area contributed by atoms with Gasteiger partial charge in [-0.05, 0) is 56.5 Å². The van der Waals surface area contributed by atoms with E-state index in [1.165, 1.54) is 6.92 Å². The third-order valence-electron chi connectivity index (χ3n) is 8.61. The summed E-state index contributed by atoms with van der Waals surface area (Å²) in [5, 5.41) is 3.25. The highest BCUT2D eigenvalue weighted by molar-refractivity contribution is 5.67. The molecule has 216 valence electrons. The van der Waals surface area contributed by atoms with E-state index in [1.54, 1.807) is 0 Å². The van der Waals surface area contributed by atoms with Crippen LogP contribution in [-0.2, 0) is 23.9 Å². The van der Waals surface area contributed by atoms with Gasteiger partial charge in [0, 0.05) is 37.1 Å². The zero-order chi connectivity index (χ0) is 28.2. The molecule has 0 aliphatic carbocycles. The van der Waals surface area contributed by atoms with E-state index in [4.69, 9.17) is 20.2 Å². The molecule has 12 heteroatoms. The van der Waals surface area contributed by atoms with Crippen molar-refractivity contribution in [3.8, 4) is 6.01 Å². The first kappa shape index (κ1) is 27.3. The predicted molar refractivity (Wildman–Crippen MR) is 138 cm³/mol. The van der Waals surface area contributed by atoms with Crippen LogP contribution in [0.3, 0.4) is 0 Å². The highest BCUT2D eigenvalue weighted by Crippen LogP contribution is 2.45. The lowest BCUT2D eigenvalue weighted by Gasteiger charge is -2.32.